The first-order chi connectivity index (χ1) is 7.84. The number of carbonyl (C=O) groups excluding carboxylic acids is 1. The highest BCUT2D eigenvalue weighted by molar-refractivity contribution is 5.95. The zero-order chi connectivity index (χ0) is 13.1. The van der Waals surface area contributed by atoms with E-state index in [9.17, 15) is 18.0 Å². The molecule has 0 spiro atoms. The van der Waals surface area contributed by atoms with Crippen LogP contribution in [-0.4, -0.2) is 5.91 Å². The van der Waals surface area contributed by atoms with Gasteiger partial charge in [-0.3, -0.25) is 4.79 Å². The Bertz CT molecular complexity index is 477. The first-order valence-electron chi connectivity index (χ1n) is 4.48. The molecule has 0 radical (unpaired) electrons. The minimum absolute atomic E-state index is 0.00397. The Hall–Kier alpha value is -2.23. The summed E-state index contributed by atoms with van der Waals surface area (Å²) in [4.78, 5) is 11.1. The Labute approximate surface area is 94.8 Å². The summed E-state index contributed by atoms with van der Waals surface area (Å²) >= 11 is 0. The number of nitrogens with one attached hydrogen (secondary N) is 1. The van der Waals surface area contributed by atoms with Crippen LogP contribution in [0.25, 0.3) is 0 Å². The number of nitrogens with zero attached hydrogens (tertiary/aromatic N) is 1. The zero-order valence-electron chi connectivity index (χ0n) is 8.51. The van der Waals surface area contributed by atoms with Gasteiger partial charge in [-0.2, -0.15) is 18.4 Å². The summed E-state index contributed by atoms with van der Waals surface area (Å²) in [6.07, 6.45) is -4.96. The molecule has 0 atom stereocenters. The highest BCUT2D eigenvalue weighted by atomic mass is 19.4. The summed E-state index contributed by atoms with van der Waals surface area (Å²) in [7, 11) is 0. The van der Waals surface area contributed by atoms with Gasteiger partial charge >= 0.3 is 6.18 Å². The molecule has 0 aliphatic carbocycles. The zero-order valence-corrected chi connectivity index (χ0v) is 8.51. The molecule has 1 aromatic rings. The van der Waals surface area contributed by atoms with Crippen molar-refractivity contribution < 1.29 is 18.0 Å². The molecule has 4 nitrogen and oxygen atoms in total. The van der Waals surface area contributed by atoms with Crippen LogP contribution in [-0.2, 0) is 11.0 Å². The fourth-order valence-electron chi connectivity index (χ4n) is 1.11. The average molecular weight is 243 g/mol. The average Bonchev–Trinajstić information content (AvgIpc) is 2.20. The standard InChI is InChI=1S/C10H8F3N3O/c11-10(12,13)6-1-2-7(15)8(5-6)16-9(17)3-4-14/h1-2,5H,3,15H2,(H,16,17). The maximum Gasteiger partial charge on any atom is 0.416 e. The Kier molecular flexibility index (Phi) is 3.58. The minimum atomic E-state index is -4.51. The molecule has 0 unspecified atom stereocenters. The van der Waals surface area contributed by atoms with Gasteiger partial charge in [0.2, 0.25) is 5.91 Å². The molecule has 0 saturated carbocycles. The maximum absolute atomic E-state index is 12.4. The van der Waals surface area contributed by atoms with E-state index in [1.807, 2.05) is 0 Å². The number of nitrogens with two attached hydrogens (primary N) is 1. The van der Waals surface area contributed by atoms with E-state index >= 15 is 0 Å². The molecule has 3 N–H and O–H groups in total. The summed E-state index contributed by atoms with van der Waals surface area (Å²) in [6.45, 7) is 0. The molecule has 1 amide bonds. The van der Waals surface area contributed by atoms with Gasteiger partial charge in [-0.1, -0.05) is 0 Å². The fourth-order valence-corrected chi connectivity index (χ4v) is 1.11. The lowest BCUT2D eigenvalue weighted by Crippen LogP contribution is -2.13. The SMILES string of the molecule is N#CCC(=O)Nc1cc(C(F)(F)F)ccc1N. The van der Waals surface area contributed by atoms with Crippen LogP contribution in [0.2, 0.25) is 0 Å². The van der Waals surface area contributed by atoms with E-state index in [1.54, 1.807) is 6.07 Å². The van der Waals surface area contributed by atoms with Crippen LogP contribution in [0.5, 0.6) is 0 Å². The van der Waals surface area contributed by atoms with Crippen LogP contribution in [0.4, 0.5) is 24.5 Å². The van der Waals surface area contributed by atoms with Gasteiger partial charge in [0.1, 0.15) is 6.42 Å². The van der Waals surface area contributed by atoms with Gasteiger partial charge in [-0.15, -0.1) is 0 Å². The molecule has 0 saturated heterocycles. The molecule has 0 aliphatic rings. The van der Waals surface area contributed by atoms with Crippen molar-refractivity contribution in [2.75, 3.05) is 11.1 Å². The second-order valence-electron chi connectivity index (χ2n) is 3.18. The predicted molar refractivity (Wildman–Crippen MR) is 54.7 cm³/mol. The van der Waals surface area contributed by atoms with Crippen molar-refractivity contribution in [1.29, 1.82) is 5.26 Å². The van der Waals surface area contributed by atoms with Gasteiger partial charge in [0.15, 0.2) is 0 Å². The Morgan fingerprint density at radius 3 is 2.65 bits per heavy atom. The smallest absolute Gasteiger partial charge is 0.397 e. The Morgan fingerprint density at radius 2 is 2.12 bits per heavy atom. The molecule has 7 heteroatoms. The fraction of sp³-hybridized carbons (Fsp3) is 0.200. The minimum Gasteiger partial charge on any atom is -0.397 e. The maximum atomic E-state index is 12.4. The first kappa shape index (κ1) is 12.8. The molecule has 0 fully saturated rings. The Balaban J connectivity index is 3.00. The van der Waals surface area contributed by atoms with E-state index in [0.29, 0.717) is 0 Å². The van der Waals surface area contributed by atoms with Gasteiger partial charge in [0.25, 0.3) is 0 Å². The lowest BCUT2D eigenvalue weighted by molar-refractivity contribution is -0.137. The lowest BCUT2D eigenvalue weighted by atomic mass is 10.1. The van der Waals surface area contributed by atoms with Crippen molar-refractivity contribution in [2.45, 2.75) is 12.6 Å². The van der Waals surface area contributed by atoms with Crippen LogP contribution in [0, 0.1) is 11.3 Å². The van der Waals surface area contributed by atoms with Crippen molar-refractivity contribution in [1.82, 2.24) is 0 Å². The molecule has 1 rings (SSSR count). The lowest BCUT2D eigenvalue weighted by Gasteiger charge is -2.11. The van der Waals surface area contributed by atoms with E-state index in [4.69, 9.17) is 11.0 Å². The van der Waals surface area contributed by atoms with Gasteiger partial charge in [0, 0.05) is 0 Å². The number of carbonyl (C=O) groups is 1. The van der Waals surface area contributed by atoms with E-state index in [0.717, 1.165) is 18.2 Å². The molecular weight excluding hydrogens is 235 g/mol. The molecule has 90 valence electrons. The third kappa shape index (κ3) is 3.38. The molecule has 0 bridgehead atoms. The van der Waals surface area contributed by atoms with Crippen molar-refractivity contribution in [3.05, 3.63) is 23.8 Å². The highest BCUT2D eigenvalue weighted by Gasteiger charge is 2.31. The first-order valence-corrected chi connectivity index (χ1v) is 4.48. The topological polar surface area (TPSA) is 78.9 Å². The number of anilines is 2. The summed E-state index contributed by atoms with van der Waals surface area (Å²) in [5.41, 5.74) is 4.35. The second kappa shape index (κ2) is 4.74. The number of amides is 1. The predicted octanol–water partition coefficient (Wildman–Crippen LogP) is 2.14. The van der Waals surface area contributed by atoms with Gasteiger partial charge in [-0.05, 0) is 18.2 Å². The number of hydrogen-bond acceptors (Lipinski definition) is 3. The highest BCUT2D eigenvalue weighted by Crippen LogP contribution is 2.32. The van der Waals surface area contributed by atoms with Crippen LogP contribution in [0.15, 0.2) is 18.2 Å². The van der Waals surface area contributed by atoms with Crippen molar-refractivity contribution in [2.24, 2.45) is 0 Å². The van der Waals surface area contributed by atoms with Gasteiger partial charge in [0.05, 0.1) is 23.0 Å². The second-order valence-corrected chi connectivity index (χ2v) is 3.18. The van der Waals surface area contributed by atoms with Crippen LogP contribution < -0.4 is 11.1 Å². The van der Waals surface area contributed by atoms with E-state index in [-0.39, 0.29) is 11.4 Å². The number of halogens is 3. The van der Waals surface area contributed by atoms with Crippen molar-refractivity contribution in [3.8, 4) is 6.07 Å². The van der Waals surface area contributed by atoms with Crippen LogP contribution in [0.1, 0.15) is 12.0 Å². The third-order valence-corrected chi connectivity index (χ3v) is 1.89. The number of benzene rings is 1. The third-order valence-electron chi connectivity index (χ3n) is 1.89. The van der Waals surface area contributed by atoms with Crippen molar-refractivity contribution in [3.63, 3.8) is 0 Å². The Morgan fingerprint density at radius 1 is 1.47 bits per heavy atom. The number of rotatable bonds is 2. The summed E-state index contributed by atoms with van der Waals surface area (Å²) in [6, 6.07) is 4.16. The van der Waals surface area contributed by atoms with Crippen LogP contribution >= 0.6 is 0 Å². The monoisotopic (exact) mass is 243 g/mol. The molecule has 0 aromatic heterocycles. The number of nitriles is 1. The summed E-state index contributed by atoms with van der Waals surface area (Å²) in [5.74, 6) is -0.710. The van der Waals surface area contributed by atoms with Gasteiger partial charge < -0.3 is 11.1 Å². The quantitative estimate of drug-likeness (QED) is 0.781. The summed E-state index contributed by atoms with van der Waals surface area (Å²) < 4.78 is 37.1. The largest absolute Gasteiger partial charge is 0.416 e. The molecule has 17 heavy (non-hydrogen) atoms. The normalized spacial score (nSPS) is 10.7. The van der Waals surface area contributed by atoms with Gasteiger partial charge in [-0.25, -0.2) is 0 Å². The van der Waals surface area contributed by atoms with Crippen LogP contribution in [0.3, 0.4) is 0 Å². The number of alkyl halides is 3. The van der Waals surface area contributed by atoms with E-state index < -0.39 is 24.1 Å². The number of hydrogen-bond donors (Lipinski definition) is 2. The van der Waals surface area contributed by atoms with E-state index in [2.05, 4.69) is 5.32 Å². The molecule has 0 aliphatic heterocycles. The molecular formula is C10H8F3N3O. The molecule has 1 aromatic carbocycles. The summed E-state index contributed by atoms with van der Waals surface area (Å²) in [5, 5.41) is 10.4. The van der Waals surface area contributed by atoms with E-state index in [1.165, 1.54) is 0 Å². The molecule has 0 heterocycles. The van der Waals surface area contributed by atoms with Crippen molar-refractivity contribution >= 4 is 17.3 Å². The number of nitrogen functional groups attached to an aromatic ring is 1.